The Kier molecular flexibility index (Phi) is 8.58. The van der Waals surface area contributed by atoms with Crippen LogP contribution in [0, 0.1) is 5.92 Å². The van der Waals surface area contributed by atoms with Crippen LogP contribution in [0.4, 0.5) is 4.79 Å². The number of ketones is 1. The first-order valence-electron chi connectivity index (χ1n) is 7.82. The fraction of sp³-hybridized carbons (Fsp3) is 0.471. The van der Waals surface area contributed by atoms with Gasteiger partial charge in [-0.2, -0.15) is 0 Å². The molecule has 0 radical (unpaired) electrons. The molecule has 1 aliphatic heterocycles. The molecule has 1 saturated heterocycles. The van der Waals surface area contributed by atoms with Crippen molar-refractivity contribution in [3.8, 4) is 0 Å². The van der Waals surface area contributed by atoms with Crippen molar-refractivity contribution in [2.24, 2.45) is 5.92 Å². The monoisotopic (exact) mass is 357 g/mol. The van der Waals surface area contributed by atoms with E-state index in [0.29, 0.717) is 19.4 Å². The zero-order valence-electron chi connectivity index (χ0n) is 14.4. The van der Waals surface area contributed by atoms with Gasteiger partial charge >= 0.3 is 35.7 Å². The van der Waals surface area contributed by atoms with Gasteiger partial charge in [-0.05, 0) is 18.4 Å². The van der Waals surface area contributed by atoms with Crippen LogP contribution in [0.1, 0.15) is 25.3 Å². The number of ether oxygens (including phenoxy) is 1. The predicted octanol–water partition coefficient (Wildman–Crippen LogP) is -2.89. The minimum absolute atomic E-state index is 0. The van der Waals surface area contributed by atoms with E-state index in [-0.39, 0.29) is 36.2 Å². The Balaban J connectivity index is 0.00000312. The molecule has 3 unspecified atom stereocenters. The number of hydrogen-bond donors (Lipinski definition) is 1. The van der Waals surface area contributed by atoms with Crippen LogP contribution in [-0.4, -0.2) is 46.5 Å². The molecular weight excluding hydrogens is 337 g/mol. The molecule has 0 aliphatic carbocycles. The van der Waals surface area contributed by atoms with E-state index in [0.717, 1.165) is 5.56 Å². The molecule has 2 rings (SSSR count). The van der Waals surface area contributed by atoms with Gasteiger partial charge in [0.05, 0.1) is 12.1 Å². The first-order valence-corrected chi connectivity index (χ1v) is 7.82. The van der Waals surface area contributed by atoms with Crippen molar-refractivity contribution in [1.29, 1.82) is 0 Å². The number of rotatable bonds is 6. The molecule has 1 aromatic rings. The average molecular weight is 357 g/mol. The van der Waals surface area contributed by atoms with Crippen LogP contribution in [-0.2, 0) is 20.9 Å². The minimum Gasteiger partial charge on any atom is -0.542 e. The number of amides is 1. The SMILES string of the molecule is CC(C(=O)C(=O)[O-])C(O)C1CCCN1C(=O)OCc1ccccc1.[Na+]. The molecule has 0 spiro atoms. The van der Waals surface area contributed by atoms with Crippen LogP contribution >= 0.6 is 0 Å². The third-order valence-electron chi connectivity index (χ3n) is 4.26. The number of aliphatic hydroxyl groups is 1. The molecule has 25 heavy (non-hydrogen) atoms. The van der Waals surface area contributed by atoms with Gasteiger partial charge in [0, 0.05) is 12.5 Å². The smallest absolute Gasteiger partial charge is 0.542 e. The van der Waals surface area contributed by atoms with Gasteiger partial charge < -0.3 is 24.6 Å². The molecular formula is C17H20NNaO6. The van der Waals surface area contributed by atoms with Crippen molar-refractivity contribution in [3.63, 3.8) is 0 Å². The maximum Gasteiger partial charge on any atom is 1.00 e. The third-order valence-corrected chi connectivity index (χ3v) is 4.26. The summed E-state index contributed by atoms with van der Waals surface area (Å²) >= 11 is 0. The molecule has 1 aliphatic rings. The van der Waals surface area contributed by atoms with Crippen molar-refractivity contribution in [3.05, 3.63) is 35.9 Å². The summed E-state index contributed by atoms with van der Waals surface area (Å²) in [7, 11) is 0. The molecule has 8 heteroatoms. The number of carboxylic acid groups (broad SMARTS) is 1. The summed E-state index contributed by atoms with van der Waals surface area (Å²) in [5.41, 5.74) is 0.836. The van der Waals surface area contributed by atoms with Crippen LogP contribution in [0.5, 0.6) is 0 Å². The third kappa shape index (κ3) is 5.54. The first kappa shape index (κ1) is 21.6. The van der Waals surface area contributed by atoms with Crippen LogP contribution in [0.25, 0.3) is 0 Å². The number of hydrogen-bond acceptors (Lipinski definition) is 6. The number of carboxylic acids is 1. The van der Waals surface area contributed by atoms with E-state index in [1.807, 2.05) is 30.3 Å². The maximum atomic E-state index is 12.2. The summed E-state index contributed by atoms with van der Waals surface area (Å²) in [6.07, 6.45) is -0.739. The van der Waals surface area contributed by atoms with Gasteiger partial charge in [-0.1, -0.05) is 37.3 Å². The zero-order chi connectivity index (χ0) is 17.7. The molecule has 1 fully saturated rings. The van der Waals surface area contributed by atoms with Crippen LogP contribution in [0.3, 0.4) is 0 Å². The van der Waals surface area contributed by atoms with Crippen molar-refractivity contribution in [2.45, 2.75) is 38.5 Å². The molecule has 1 N–H and O–H groups in total. The molecule has 0 bridgehead atoms. The Hall–Kier alpha value is -1.41. The number of Topliss-reactive ketones (excluding diaryl/α,β-unsaturated/α-hetero) is 1. The summed E-state index contributed by atoms with van der Waals surface area (Å²) in [5, 5.41) is 20.9. The van der Waals surface area contributed by atoms with E-state index in [1.165, 1.54) is 11.8 Å². The summed E-state index contributed by atoms with van der Waals surface area (Å²) < 4.78 is 5.24. The molecule has 0 saturated carbocycles. The summed E-state index contributed by atoms with van der Waals surface area (Å²) in [5.74, 6) is -4.16. The van der Waals surface area contributed by atoms with Gasteiger partial charge in [0.15, 0.2) is 5.78 Å². The fourth-order valence-corrected chi connectivity index (χ4v) is 2.85. The second kappa shape index (κ2) is 9.91. The second-order valence-corrected chi connectivity index (χ2v) is 5.87. The Bertz CT molecular complexity index is 608. The van der Waals surface area contributed by atoms with Gasteiger partial charge in [0.1, 0.15) is 12.6 Å². The number of aliphatic carboxylic acids is 1. The Labute approximate surface area is 168 Å². The number of benzene rings is 1. The molecule has 130 valence electrons. The first-order chi connectivity index (χ1) is 11.4. The standard InChI is InChI=1S/C17H21NO6.Na/c1-11(15(20)16(21)22)14(19)13-8-5-9-18(13)17(23)24-10-12-6-3-2-4-7-12;/h2-4,6-7,11,13-14,19H,5,8-10H2,1H3,(H,21,22);/q;+1/p-1. The zero-order valence-corrected chi connectivity index (χ0v) is 16.4. The van der Waals surface area contributed by atoms with Crippen molar-refractivity contribution >= 4 is 17.8 Å². The number of aliphatic hydroxyl groups excluding tert-OH is 1. The van der Waals surface area contributed by atoms with Gasteiger partial charge in [-0.25, -0.2) is 4.79 Å². The van der Waals surface area contributed by atoms with E-state index in [9.17, 15) is 24.6 Å². The quantitative estimate of drug-likeness (QED) is 0.433. The predicted molar refractivity (Wildman–Crippen MR) is 81.5 cm³/mol. The molecule has 1 aromatic carbocycles. The van der Waals surface area contributed by atoms with E-state index in [4.69, 9.17) is 4.74 Å². The van der Waals surface area contributed by atoms with E-state index in [2.05, 4.69) is 0 Å². The Morgan fingerprint density at radius 2 is 1.96 bits per heavy atom. The minimum atomic E-state index is -1.84. The summed E-state index contributed by atoms with van der Waals surface area (Å²) in [4.78, 5) is 35.7. The van der Waals surface area contributed by atoms with Crippen LogP contribution < -0.4 is 34.7 Å². The van der Waals surface area contributed by atoms with Crippen LogP contribution in [0.15, 0.2) is 30.3 Å². The molecule has 1 amide bonds. The van der Waals surface area contributed by atoms with Gasteiger partial charge in [-0.3, -0.25) is 4.79 Å². The van der Waals surface area contributed by atoms with Crippen molar-refractivity contribution < 1.29 is 58.9 Å². The van der Waals surface area contributed by atoms with E-state index >= 15 is 0 Å². The fourth-order valence-electron chi connectivity index (χ4n) is 2.85. The maximum absolute atomic E-state index is 12.2. The number of carbonyl (C=O) groups is 3. The normalized spacial score (nSPS) is 18.8. The number of likely N-dealkylation sites (tertiary alicyclic amines) is 1. The summed E-state index contributed by atoms with van der Waals surface area (Å²) in [6, 6.07) is 8.52. The Morgan fingerprint density at radius 3 is 2.56 bits per heavy atom. The van der Waals surface area contributed by atoms with E-state index < -0.39 is 35.9 Å². The van der Waals surface area contributed by atoms with Gasteiger partial charge in [0.2, 0.25) is 0 Å². The summed E-state index contributed by atoms with van der Waals surface area (Å²) in [6.45, 7) is 1.81. The topological polar surface area (TPSA) is 107 Å². The molecule has 0 aromatic heterocycles. The van der Waals surface area contributed by atoms with Gasteiger partial charge in [0.25, 0.3) is 0 Å². The van der Waals surface area contributed by atoms with Crippen LogP contribution in [0.2, 0.25) is 0 Å². The molecule has 3 atom stereocenters. The Morgan fingerprint density at radius 1 is 1.32 bits per heavy atom. The van der Waals surface area contributed by atoms with Crippen molar-refractivity contribution in [1.82, 2.24) is 4.90 Å². The number of nitrogens with zero attached hydrogens (tertiary/aromatic N) is 1. The molecule has 7 nitrogen and oxygen atoms in total. The average Bonchev–Trinajstić information content (AvgIpc) is 3.08. The second-order valence-electron chi connectivity index (χ2n) is 5.87. The largest absolute Gasteiger partial charge is 1.00 e. The van der Waals surface area contributed by atoms with Gasteiger partial charge in [-0.15, -0.1) is 0 Å². The molecule has 1 heterocycles. The number of carbonyl (C=O) groups excluding carboxylic acids is 3. The van der Waals surface area contributed by atoms with E-state index in [1.54, 1.807) is 0 Å². The van der Waals surface area contributed by atoms with Crippen molar-refractivity contribution in [2.75, 3.05) is 6.54 Å².